The highest BCUT2D eigenvalue weighted by Crippen LogP contribution is 2.31. The van der Waals surface area contributed by atoms with Gasteiger partial charge in [0.15, 0.2) is 0 Å². The Labute approximate surface area is 132 Å². The number of fused-ring (bicyclic) bond motifs is 1. The molecule has 0 aromatic heterocycles. The summed E-state index contributed by atoms with van der Waals surface area (Å²) in [7, 11) is 0. The summed E-state index contributed by atoms with van der Waals surface area (Å²) in [6, 6.07) is 30.9. The van der Waals surface area contributed by atoms with Crippen LogP contribution in [0.25, 0.3) is 0 Å². The van der Waals surface area contributed by atoms with E-state index in [1.54, 1.807) is 0 Å². The van der Waals surface area contributed by atoms with Gasteiger partial charge in [0.1, 0.15) is 5.75 Å². The van der Waals surface area contributed by atoms with Crippen molar-refractivity contribution < 1.29 is 4.74 Å². The Morgan fingerprint density at radius 2 is 1.18 bits per heavy atom. The molecule has 0 amide bonds. The zero-order valence-electron chi connectivity index (χ0n) is 12.6. The molecule has 4 rings (SSSR count). The maximum atomic E-state index is 5.79. The molecule has 0 saturated heterocycles. The van der Waals surface area contributed by atoms with Gasteiger partial charge in [0.25, 0.3) is 0 Å². The summed E-state index contributed by atoms with van der Waals surface area (Å²) in [5.74, 6) is 1.55. The van der Waals surface area contributed by atoms with Crippen molar-refractivity contribution >= 4 is 0 Å². The molecule has 1 nitrogen and oxygen atoms in total. The standard InChI is InChI=1S/C15H14O.C6H6/c1-2-6-12(7-3-1)14-10-13-8-4-5-9-15(13)16-11-14;1-2-4-6-5-3-1/h1-9,14H,10-11H2;1-6H. The number of rotatable bonds is 1. The highest BCUT2D eigenvalue weighted by Gasteiger charge is 2.20. The zero-order valence-corrected chi connectivity index (χ0v) is 12.6. The Morgan fingerprint density at radius 1 is 0.636 bits per heavy atom. The minimum atomic E-state index is 0.496. The number of ether oxygens (including phenoxy) is 1. The van der Waals surface area contributed by atoms with Gasteiger partial charge in [-0.1, -0.05) is 84.9 Å². The van der Waals surface area contributed by atoms with Gasteiger partial charge in [-0.15, -0.1) is 0 Å². The third-order valence-corrected chi connectivity index (χ3v) is 3.82. The van der Waals surface area contributed by atoms with E-state index in [4.69, 9.17) is 4.74 Å². The fourth-order valence-electron chi connectivity index (χ4n) is 2.65. The van der Waals surface area contributed by atoms with Crippen LogP contribution in [0, 0.1) is 0 Å². The largest absolute Gasteiger partial charge is 0.493 e. The highest BCUT2D eigenvalue weighted by atomic mass is 16.5. The molecular formula is C21H20O. The third kappa shape index (κ3) is 3.76. The van der Waals surface area contributed by atoms with Gasteiger partial charge in [-0.3, -0.25) is 0 Å². The van der Waals surface area contributed by atoms with Crippen LogP contribution in [0.3, 0.4) is 0 Å². The first-order valence-electron chi connectivity index (χ1n) is 7.69. The summed E-state index contributed by atoms with van der Waals surface area (Å²) in [6.45, 7) is 0.793. The van der Waals surface area contributed by atoms with E-state index in [1.165, 1.54) is 11.1 Å². The van der Waals surface area contributed by atoms with Crippen LogP contribution >= 0.6 is 0 Å². The second-order valence-corrected chi connectivity index (χ2v) is 5.39. The van der Waals surface area contributed by atoms with E-state index < -0.39 is 0 Å². The number of hydrogen-bond donors (Lipinski definition) is 0. The third-order valence-electron chi connectivity index (χ3n) is 3.82. The van der Waals surface area contributed by atoms with Gasteiger partial charge in [-0.2, -0.15) is 0 Å². The minimum Gasteiger partial charge on any atom is -0.493 e. The van der Waals surface area contributed by atoms with Crippen molar-refractivity contribution in [3.63, 3.8) is 0 Å². The van der Waals surface area contributed by atoms with Gasteiger partial charge in [0.2, 0.25) is 0 Å². The van der Waals surface area contributed by atoms with E-state index >= 15 is 0 Å². The summed E-state index contributed by atoms with van der Waals surface area (Å²) in [5.41, 5.74) is 2.69. The van der Waals surface area contributed by atoms with Gasteiger partial charge in [-0.25, -0.2) is 0 Å². The predicted octanol–water partition coefficient (Wildman–Crippen LogP) is 5.09. The topological polar surface area (TPSA) is 9.23 Å². The zero-order chi connectivity index (χ0) is 15.0. The average molecular weight is 288 g/mol. The number of hydrogen-bond acceptors (Lipinski definition) is 1. The van der Waals surface area contributed by atoms with Crippen molar-refractivity contribution in [1.29, 1.82) is 0 Å². The lowest BCUT2D eigenvalue weighted by molar-refractivity contribution is 0.262. The molecule has 0 fully saturated rings. The first-order valence-corrected chi connectivity index (χ1v) is 7.69. The molecule has 0 spiro atoms. The summed E-state index contributed by atoms with van der Waals surface area (Å²) >= 11 is 0. The van der Waals surface area contributed by atoms with Crippen molar-refractivity contribution in [2.24, 2.45) is 0 Å². The Kier molecular flexibility index (Phi) is 4.88. The Bertz CT molecular complexity index is 650. The van der Waals surface area contributed by atoms with Crippen LogP contribution in [0.1, 0.15) is 17.0 Å². The second kappa shape index (κ2) is 7.46. The van der Waals surface area contributed by atoms with E-state index in [9.17, 15) is 0 Å². The number of benzene rings is 3. The molecule has 3 aromatic rings. The molecule has 1 unspecified atom stereocenters. The van der Waals surface area contributed by atoms with Crippen molar-refractivity contribution in [3.05, 3.63) is 102 Å². The normalized spacial score (nSPS) is 15.7. The number of para-hydroxylation sites is 1. The maximum Gasteiger partial charge on any atom is 0.122 e. The summed E-state index contributed by atoms with van der Waals surface area (Å²) in [4.78, 5) is 0. The first-order chi connectivity index (χ1) is 10.9. The molecule has 22 heavy (non-hydrogen) atoms. The van der Waals surface area contributed by atoms with E-state index in [0.29, 0.717) is 5.92 Å². The van der Waals surface area contributed by atoms with Crippen LogP contribution < -0.4 is 4.74 Å². The summed E-state index contributed by atoms with van der Waals surface area (Å²) in [5, 5.41) is 0. The van der Waals surface area contributed by atoms with Crippen LogP contribution in [0.5, 0.6) is 5.75 Å². The molecule has 1 heterocycles. The molecule has 1 heteroatoms. The van der Waals surface area contributed by atoms with E-state index in [-0.39, 0.29) is 0 Å². The first kappa shape index (κ1) is 14.4. The van der Waals surface area contributed by atoms with Crippen LogP contribution in [0.2, 0.25) is 0 Å². The van der Waals surface area contributed by atoms with Gasteiger partial charge in [-0.05, 0) is 23.6 Å². The summed E-state index contributed by atoms with van der Waals surface area (Å²) in [6.07, 6.45) is 1.08. The smallest absolute Gasteiger partial charge is 0.122 e. The van der Waals surface area contributed by atoms with Crippen LogP contribution in [0.15, 0.2) is 91.0 Å². The fraction of sp³-hybridized carbons (Fsp3) is 0.143. The van der Waals surface area contributed by atoms with Gasteiger partial charge < -0.3 is 4.74 Å². The molecule has 0 aliphatic carbocycles. The van der Waals surface area contributed by atoms with Crippen molar-refractivity contribution in [2.75, 3.05) is 6.61 Å². The van der Waals surface area contributed by atoms with Gasteiger partial charge in [0.05, 0.1) is 6.61 Å². The van der Waals surface area contributed by atoms with Crippen LogP contribution in [0.4, 0.5) is 0 Å². The molecular weight excluding hydrogens is 268 g/mol. The molecule has 1 aliphatic heterocycles. The maximum absolute atomic E-state index is 5.79. The molecule has 0 saturated carbocycles. The molecule has 0 N–H and O–H groups in total. The van der Waals surface area contributed by atoms with E-state index in [1.807, 2.05) is 42.5 Å². The predicted molar refractivity (Wildman–Crippen MR) is 91.3 cm³/mol. The Balaban J connectivity index is 0.000000202. The minimum absolute atomic E-state index is 0.496. The molecule has 1 aliphatic rings. The van der Waals surface area contributed by atoms with Crippen LogP contribution in [-0.4, -0.2) is 6.61 Å². The molecule has 1 atom stereocenters. The lowest BCUT2D eigenvalue weighted by Crippen LogP contribution is -2.18. The quantitative estimate of drug-likeness (QED) is 0.606. The average Bonchev–Trinajstić information content (AvgIpc) is 2.64. The van der Waals surface area contributed by atoms with Crippen molar-refractivity contribution in [3.8, 4) is 5.75 Å². The molecule has 110 valence electrons. The molecule has 3 aromatic carbocycles. The monoisotopic (exact) mass is 288 g/mol. The van der Waals surface area contributed by atoms with Crippen molar-refractivity contribution in [2.45, 2.75) is 12.3 Å². The van der Waals surface area contributed by atoms with Crippen molar-refractivity contribution in [1.82, 2.24) is 0 Å². The Hall–Kier alpha value is -2.54. The van der Waals surface area contributed by atoms with Gasteiger partial charge in [0, 0.05) is 5.92 Å². The fourth-order valence-corrected chi connectivity index (χ4v) is 2.65. The summed E-state index contributed by atoms with van der Waals surface area (Å²) < 4.78 is 5.79. The highest BCUT2D eigenvalue weighted by molar-refractivity contribution is 5.37. The van der Waals surface area contributed by atoms with E-state index in [2.05, 4.69) is 48.5 Å². The lowest BCUT2D eigenvalue weighted by Gasteiger charge is -2.25. The molecule has 0 radical (unpaired) electrons. The van der Waals surface area contributed by atoms with E-state index in [0.717, 1.165) is 18.8 Å². The Morgan fingerprint density at radius 3 is 1.86 bits per heavy atom. The van der Waals surface area contributed by atoms with Crippen LogP contribution in [-0.2, 0) is 6.42 Å². The molecule has 0 bridgehead atoms. The second-order valence-electron chi connectivity index (χ2n) is 5.39. The lowest BCUT2D eigenvalue weighted by atomic mass is 9.90. The SMILES string of the molecule is c1ccc(C2COc3ccccc3C2)cc1.c1ccccc1. The van der Waals surface area contributed by atoms with Gasteiger partial charge >= 0.3 is 0 Å².